The second-order valence-electron chi connectivity index (χ2n) is 9.19. The fourth-order valence-corrected chi connectivity index (χ4v) is 4.83. The summed E-state index contributed by atoms with van der Waals surface area (Å²) < 4.78 is 13.7. The van der Waals surface area contributed by atoms with Crippen molar-refractivity contribution in [1.82, 2.24) is 19.5 Å². The molecule has 0 radical (unpaired) electrons. The Hall–Kier alpha value is -3.06. The van der Waals surface area contributed by atoms with Gasteiger partial charge in [-0.1, -0.05) is 6.08 Å². The predicted octanol–water partition coefficient (Wildman–Crippen LogP) is 4.02. The third-order valence-electron chi connectivity index (χ3n) is 6.76. The smallest absolute Gasteiger partial charge is 0.269 e. The highest BCUT2D eigenvalue weighted by molar-refractivity contribution is 5.86. The molecule has 0 spiro atoms. The summed E-state index contributed by atoms with van der Waals surface area (Å²) in [4.78, 5) is 25.7. The molecule has 2 aliphatic rings. The Balaban J connectivity index is 1.35. The molecular formula is C26H30N4O3. The van der Waals surface area contributed by atoms with Crippen molar-refractivity contribution in [3.8, 4) is 5.75 Å². The van der Waals surface area contributed by atoms with Crippen LogP contribution in [0, 0.1) is 12.8 Å². The fourth-order valence-electron chi connectivity index (χ4n) is 4.83. The summed E-state index contributed by atoms with van der Waals surface area (Å²) in [6.45, 7) is 3.35. The molecule has 172 valence electrons. The first-order chi connectivity index (χ1) is 16.1. The lowest BCUT2D eigenvalue weighted by Crippen LogP contribution is -2.26. The molecule has 0 amide bonds. The molecule has 0 N–H and O–H groups in total. The number of aryl methyl sites for hydroxylation is 2. The molecule has 0 atom stereocenters. The van der Waals surface area contributed by atoms with Gasteiger partial charge in [0.2, 0.25) is 0 Å². The maximum Gasteiger partial charge on any atom is 0.269 e. The molecule has 0 saturated heterocycles. The Kier molecular flexibility index (Phi) is 6.22. The molecule has 1 aliphatic heterocycles. The lowest BCUT2D eigenvalue weighted by atomic mass is 9.85. The first kappa shape index (κ1) is 21.8. The molecule has 1 fully saturated rings. The standard InChI is InChI=1S/C26H30N4O3/c1-17-14-28-24(29-15-17)11-18-3-5-21(6-4-18)33-23-13-20(19-7-9-32-10-8-19)12-22-26(23)30(2)25(31)16-27-22/h7,12-16,18,21H,3-6,8-11H2,1-2H3. The van der Waals surface area contributed by atoms with Crippen LogP contribution in [0.5, 0.6) is 5.75 Å². The Bertz CT molecular complexity index is 1220. The third-order valence-corrected chi connectivity index (χ3v) is 6.76. The van der Waals surface area contributed by atoms with E-state index in [9.17, 15) is 4.79 Å². The topological polar surface area (TPSA) is 79.1 Å². The van der Waals surface area contributed by atoms with E-state index < -0.39 is 0 Å². The fraction of sp³-hybridized carbons (Fsp3) is 0.462. The molecule has 1 aromatic carbocycles. The van der Waals surface area contributed by atoms with Gasteiger partial charge in [0.1, 0.15) is 17.1 Å². The third kappa shape index (κ3) is 4.83. The maximum atomic E-state index is 12.3. The summed E-state index contributed by atoms with van der Waals surface area (Å²) in [5, 5.41) is 0. The molecule has 7 heteroatoms. The van der Waals surface area contributed by atoms with Gasteiger partial charge in [0.05, 0.1) is 31.0 Å². The van der Waals surface area contributed by atoms with Crippen LogP contribution in [0.1, 0.15) is 49.1 Å². The first-order valence-corrected chi connectivity index (χ1v) is 11.8. The summed E-state index contributed by atoms with van der Waals surface area (Å²) >= 11 is 0. The molecule has 1 aliphatic carbocycles. The van der Waals surface area contributed by atoms with E-state index in [1.807, 2.05) is 19.3 Å². The van der Waals surface area contributed by atoms with Gasteiger partial charge in [-0.2, -0.15) is 0 Å². The van der Waals surface area contributed by atoms with E-state index in [-0.39, 0.29) is 11.7 Å². The SMILES string of the molecule is Cc1cnc(CC2CCC(Oc3cc(C4=CCOCC4)cc4ncc(=O)n(C)c34)CC2)nc1. The second kappa shape index (κ2) is 9.43. The average molecular weight is 447 g/mol. The van der Waals surface area contributed by atoms with Gasteiger partial charge in [0.15, 0.2) is 0 Å². The Labute approximate surface area is 193 Å². The van der Waals surface area contributed by atoms with E-state index in [1.54, 1.807) is 11.6 Å². The van der Waals surface area contributed by atoms with Crippen LogP contribution in [0.4, 0.5) is 0 Å². The molecule has 2 aromatic heterocycles. The van der Waals surface area contributed by atoms with E-state index in [0.29, 0.717) is 12.5 Å². The molecule has 7 nitrogen and oxygen atoms in total. The van der Waals surface area contributed by atoms with Crippen molar-refractivity contribution in [1.29, 1.82) is 0 Å². The molecule has 33 heavy (non-hydrogen) atoms. The van der Waals surface area contributed by atoms with Crippen LogP contribution in [-0.4, -0.2) is 38.8 Å². The zero-order valence-corrected chi connectivity index (χ0v) is 19.3. The minimum atomic E-state index is -0.132. The monoisotopic (exact) mass is 446 g/mol. The van der Waals surface area contributed by atoms with Crippen LogP contribution in [0.2, 0.25) is 0 Å². The van der Waals surface area contributed by atoms with Crippen LogP contribution in [-0.2, 0) is 18.2 Å². The lowest BCUT2D eigenvalue weighted by Gasteiger charge is -2.29. The molecule has 1 saturated carbocycles. The van der Waals surface area contributed by atoms with Crippen molar-refractivity contribution in [3.05, 3.63) is 64.1 Å². The molecule has 0 bridgehead atoms. The molecule has 3 aromatic rings. The van der Waals surface area contributed by atoms with Crippen molar-refractivity contribution in [2.24, 2.45) is 13.0 Å². The number of nitrogens with zero attached hydrogens (tertiary/aromatic N) is 4. The summed E-state index contributed by atoms with van der Waals surface area (Å²) in [5.74, 6) is 2.25. The largest absolute Gasteiger partial charge is 0.488 e. The number of aromatic nitrogens is 4. The van der Waals surface area contributed by atoms with Gasteiger partial charge < -0.3 is 14.0 Å². The van der Waals surface area contributed by atoms with Crippen molar-refractivity contribution in [2.45, 2.75) is 51.6 Å². The number of hydrogen-bond donors (Lipinski definition) is 0. The van der Waals surface area contributed by atoms with Crippen LogP contribution in [0.15, 0.2) is 41.6 Å². The minimum Gasteiger partial charge on any atom is -0.488 e. The van der Waals surface area contributed by atoms with E-state index in [0.717, 1.165) is 78.9 Å². The van der Waals surface area contributed by atoms with Crippen LogP contribution in [0.3, 0.4) is 0 Å². The highest BCUT2D eigenvalue weighted by Gasteiger charge is 2.25. The van der Waals surface area contributed by atoms with Gasteiger partial charge in [0, 0.05) is 25.9 Å². The highest BCUT2D eigenvalue weighted by Crippen LogP contribution is 2.34. The number of benzene rings is 1. The average Bonchev–Trinajstić information content (AvgIpc) is 2.84. The summed E-state index contributed by atoms with van der Waals surface area (Å²) in [6, 6.07) is 4.13. The van der Waals surface area contributed by atoms with Crippen molar-refractivity contribution in [2.75, 3.05) is 13.2 Å². The van der Waals surface area contributed by atoms with E-state index in [2.05, 4.69) is 33.2 Å². The lowest BCUT2D eigenvalue weighted by molar-refractivity contribution is 0.131. The van der Waals surface area contributed by atoms with Crippen molar-refractivity contribution in [3.63, 3.8) is 0 Å². The molecule has 3 heterocycles. The molecule has 5 rings (SSSR count). The zero-order chi connectivity index (χ0) is 22.8. The number of fused-ring (bicyclic) bond motifs is 1. The van der Waals surface area contributed by atoms with Crippen LogP contribution < -0.4 is 10.3 Å². The van der Waals surface area contributed by atoms with Crippen LogP contribution in [0.25, 0.3) is 16.6 Å². The Morgan fingerprint density at radius 1 is 1.09 bits per heavy atom. The highest BCUT2D eigenvalue weighted by atomic mass is 16.5. The van der Waals surface area contributed by atoms with E-state index in [4.69, 9.17) is 9.47 Å². The Morgan fingerprint density at radius 2 is 1.88 bits per heavy atom. The summed E-state index contributed by atoms with van der Waals surface area (Å²) in [7, 11) is 1.78. The van der Waals surface area contributed by atoms with Gasteiger partial charge in [-0.3, -0.25) is 4.79 Å². The number of hydrogen-bond acceptors (Lipinski definition) is 6. The molecule has 0 unspecified atom stereocenters. The normalized spacial score (nSPS) is 21.1. The summed E-state index contributed by atoms with van der Waals surface area (Å²) in [6.07, 6.45) is 13.3. The summed E-state index contributed by atoms with van der Waals surface area (Å²) in [5.41, 5.74) is 4.83. The van der Waals surface area contributed by atoms with E-state index >= 15 is 0 Å². The minimum absolute atomic E-state index is 0.123. The predicted molar refractivity (Wildman–Crippen MR) is 127 cm³/mol. The van der Waals surface area contributed by atoms with Gasteiger partial charge in [-0.05, 0) is 73.8 Å². The van der Waals surface area contributed by atoms with Gasteiger partial charge >= 0.3 is 0 Å². The first-order valence-electron chi connectivity index (χ1n) is 11.8. The van der Waals surface area contributed by atoms with Crippen molar-refractivity contribution >= 4 is 16.6 Å². The van der Waals surface area contributed by atoms with Crippen LogP contribution >= 0.6 is 0 Å². The molecular weight excluding hydrogens is 416 g/mol. The zero-order valence-electron chi connectivity index (χ0n) is 19.3. The van der Waals surface area contributed by atoms with Crippen molar-refractivity contribution < 1.29 is 9.47 Å². The quantitative estimate of drug-likeness (QED) is 0.589. The maximum absolute atomic E-state index is 12.3. The number of rotatable bonds is 5. The van der Waals surface area contributed by atoms with Gasteiger partial charge in [-0.15, -0.1) is 0 Å². The second-order valence-corrected chi connectivity index (χ2v) is 9.19. The Morgan fingerprint density at radius 3 is 2.61 bits per heavy atom. The van der Waals surface area contributed by atoms with Gasteiger partial charge in [0.25, 0.3) is 5.56 Å². The number of ether oxygens (including phenoxy) is 2. The van der Waals surface area contributed by atoms with Gasteiger partial charge in [-0.25, -0.2) is 15.0 Å². The van der Waals surface area contributed by atoms with E-state index in [1.165, 1.54) is 11.8 Å².